The van der Waals surface area contributed by atoms with Crippen molar-refractivity contribution in [2.45, 2.75) is 34.1 Å². The molecule has 0 aliphatic carbocycles. The van der Waals surface area contributed by atoms with E-state index in [0.29, 0.717) is 11.7 Å². The van der Waals surface area contributed by atoms with Gasteiger partial charge in [0.25, 0.3) is 0 Å². The minimum atomic E-state index is 0.202. The number of hydrogen-bond donors (Lipinski definition) is 2. The van der Waals surface area contributed by atoms with Crippen LogP contribution in [0, 0.1) is 20.8 Å². The van der Waals surface area contributed by atoms with Gasteiger partial charge in [-0.2, -0.15) is 9.97 Å². The Morgan fingerprint density at radius 1 is 1.14 bits per heavy atom. The van der Waals surface area contributed by atoms with Crippen LogP contribution in [0.1, 0.15) is 30.0 Å². The second kappa shape index (κ2) is 6.43. The van der Waals surface area contributed by atoms with Gasteiger partial charge in [0.1, 0.15) is 11.6 Å². The van der Waals surface area contributed by atoms with Crippen molar-refractivity contribution in [1.29, 1.82) is 0 Å². The fourth-order valence-electron chi connectivity index (χ4n) is 2.06. The summed E-state index contributed by atoms with van der Waals surface area (Å²) < 4.78 is 5.90. The lowest BCUT2D eigenvalue weighted by atomic mass is 10.1. The van der Waals surface area contributed by atoms with Gasteiger partial charge in [-0.25, -0.2) is 0 Å². The lowest BCUT2D eigenvalue weighted by Crippen LogP contribution is -2.06. The summed E-state index contributed by atoms with van der Waals surface area (Å²) in [7, 11) is 0. The molecule has 0 fully saturated rings. The van der Waals surface area contributed by atoms with Gasteiger partial charge in [-0.3, -0.25) is 0 Å². The van der Waals surface area contributed by atoms with Gasteiger partial charge in [0.15, 0.2) is 0 Å². The Labute approximate surface area is 125 Å². The number of rotatable bonds is 5. The Hall–Kier alpha value is -2.30. The molecule has 0 aliphatic heterocycles. The molecule has 1 heterocycles. The first-order valence-corrected chi connectivity index (χ1v) is 7.13. The van der Waals surface area contributed by atoms with Crippen LogP contribution in [-0.4, -0.2) is 16.5 Å². The van der Waals surface area contributed by atoms with Gasteiger partial charge in [0, 0.05) is 12.6 Å². The minimum absolute atomic E-state index is 0.202. The van der Waals surface area contributed by atoms with Crippen molar-refractivity contribution in [2.24, 2.45) is 0 Å². The second-order valence-electron chi connectivity index (χ2n) is 5.18. The summed E-state index contributed by atoms with van der Waals surface area (Å²) >= 11 is 0. The van der Waals surface area contributed by atoms with E-state index < -0.39 is 0 Å². The van der Waals surface area contributed by atoms with E-state index in [9.17, 15) is 0 Å². The SMILES string of the molecule is CCCNc1cc(Oc2cc(C)cc(C)c2C)nc(N)n1. The van der Waals surface area contributed by atoms with E-state index in [-0.39, 0.29) is 5.95 Å². The number of aryl methyl sites for hydroxylation is 2. The maximum absolute atomic E-state index is 5.90. The molecule has 2 aromatic rings. The third-order valence-corrected chi connectivity index (χ3v) is 3.25. The first-order chi connectivity index (χ1) is 9.99. The van der Waals surface area contributed by atoms with Crippen LogP contribution in [0.15, 0.2) is 18.2 Å². The van der Waals surface area contributed by atoms with Crippen molar-refractivity contribution in [2.75, 3.05) is 17.6 Å². The summed E-state index contributed by atoms with van der Waals surface area (Å²) in [4.78, 5) is 8.29. The highest BCUT2D eigenvalue weighted by molar-refractivity contribution is 5.47. The van der Waals surface area contributed by atoms with Crippen LogP contribution in [0.5, 0.6) is 11.6 Å². The van der Waals surface area contributed by atoms with Gasteiger partial charge in [0.05, 0.1) is 0 Å². The zero-order chi connectivity index (χ0) is 15.4. The fourth-order valence-corrected chi connectivity index (χ4v) is 2.06. The number of nitrogens with one attached hydrogen (secondary N) is 1. The molecule has 1 aromatic carbocycles. The Balaban J connectivity index is 2.29. The molecule has 0 atom stereocenters. The zero-order valence-electron chi connectivity index (χ0n) is 13.0. The van der Waals surface area contributed by atoms with Crippen LogP contribution >= 0.6 is 0 Å². The van der Waals surface area contributed by atoms with Crippen molar-refractivity contribution >= 4 is 11.8 Å². The van der Waals surface area contributed by atoms with Crippen molar-refractivity contribution < 1.29 is 4.74 Å². The molecule has 3 N–H and O–H groups in total. The number of nitrogens with two attached hydrogens (primary N) is 1. The number of benzene rings is 1. The standard InChI is InChI=1S/C16H22N4O/c1-5-6-18-14-9-15(20-16(17)19-14)21-13-8-10(2)7-11(3)12(13)4/h7-9H,5-6H2,1-4H3,(H3,17,18,19,20). The normalized spacial score (nSPS) is 10.5. The Kier molecular flexibility index (Phi) is 4.62. The number of aromatic nitrogens is 2. The molecular weight excluding hydrogens is 264 g/mol. The largest absolute Gasteiger partial charge is 0.438 e. The molecule has 112 valence electrons. The summed E-state index contributed by atoms with van der Waals surface area (Å²) in [6, 6.07) is 5.90. The Bertz CT molecular complexity index is 640. The van der Waals surface area contributed by atoms with Crippen LogP contribution in [-0.2, 0) is 0 Å². The van der Waals surface area contributed by atoms with Gasteiger partial charge in [-0.15, -0.1) is 0 Å². The molecular formula is C16H22N4O. The third-order valence-electron chi connectivity index (χ3n) is 3.25. The molecule has 0 saturated heterocycles. The molecule has 0 bridgehead atoms. The van der Waals surface area contributed by atoms with Crippen molar-refractivity contribution in [3.8, 4) is 11.6 Å². The van der Waals surface area contributed by atoms with E-state index in [1.807, 2.05) is 19.9 Å². The molecule has 0 radical (unpaired) electrons. The lowest BCUT2D eigenvalue weighted by Gasteiger charge is -2.12. The molecule has 5 nitrogen and oxygen atoms in total. The van der Waals surface area contributed by atoms with Gasteiger partial charge in [0.2, 0.25) is 11.8 Å². The topological polar surface area (TPSA) is 73.1 Å². The van der Waals surface area contributed by atoms with Crippen molar-refractivity contribution in [3.63, 3.8) is 0 Å². The van der Waals surface area contributed by atoms with E-state index in [1.54, 1.807) is 6.07 Å². The predicted molar refractivity (Wildman–Crippen MR) is 86.0 cm³/mol. The van der Waals surface area contributed by atoms with Crippen LogP contribution in [0.2, 0.25) is 0 Å². The molecule has 0 amide bonds. The molecule has 2 rings (SSSR count). The quantitative estimate of drug-likeness (QED) is 0.878. The fraction of sp³-hybridized carbons (Fsp3) is 0.375. The van der Waals surface area contributed by atoms with Gasteiger partial charge in [-0.05, 0) is 49.9 Å². The molecule has 5 heteroatoms. The van der Waals surface area contributed by atoms with Gasteiger partial charge < -0.3 is 15.8 Å². The predicted octanol–water partition coefficient (Wildman–Crippen LogP) is 3.60. The molecule has 21 heavy (non-hydrogen) atoms. The monoisotopic (exact) mass is 286 g/mol. The average molecular weight is 286 g/mol. The van der Waals surface area contributed by atoms with Crippen LogP contribution < -0.4 is 15.8 Å². The van der Waals surface area contributed by atoms with Crippen molar-refractivity contribution in [1.82, 2.24) is 9.97 Å². The number of nitrogens with zero attached hydrogens (tertiary/aromatic N) is 2. The van der Waals surface area contributed by atoms with Crippen molar-refractivity contribution in [3.05, 3.63) is 34.9 Å². The molecule has 1 aromatic heterocycles. The smallest absolute Gasteiger partial charge is 0.226 e. The lowest BCUT2D eigenvalue weighted by molar-refractivity contribution is 0.458. The number of ether oxygens (including phenoxy) is 1. The molecule has 0 unspecified atom stereocenters. The Morgan fingerprint density at radius 2 is 1.90 bits per heavy atom. The van der Waals surface area contributed by atoms with Crippen LogP contribution in [0.3, 0.4) is 0 Å². The number of hydrogen-bond acceptors (Lipinski definition) is 5. The number of nitrogen functional groups attached to an aromatic ring is 1. The maximum atomic E-state index is 5.90. The minimum Gasteiger partial charge on any atom is -0.438 e. The first kappa shape index (κ1) is 15.1. The molecule has 0 saturated carbocycles. The van der Waals surface area contributed by atoms with E-state index in [2.05, 4.69) is 35.2 Å². The van der Waals surface area contributed by atoms with E-state index in [1.165, 1.54) is 5.56 Å². The maximum Gasteiger partial charge on any atom is 0.226 e. The summed E-state index contributed by atoms with van der Waals surface area (Å²) in [5, 5.41) is 3.19. The highest BCUT2D eigenvalue weighted by Crippen LogP contribution is 2.28. The first-order valence-electron chi connectivity index (χ1n) is 7.13. The van der Waals surface area contributed by atoms with Gasteiger partial charge >= 0.3 is 0 Å². The zero-order valence-corrected chi connectivity index (χ0v) is 13.0. The highest BCUT2D eigenvalue weighted by Gasteiger charge is 2.08. The summed E-state index contributed by atoms with van der Waals surface area (Å²) in [6.07, 6.45) is 1.01. The summed E-state index contributed by atoms with van der Waals surface area (Å²) in [6.45, 7) is 9.07. The number of anilines is 2. The van der Waals surface area contributed by atoms with Crippen LogP contribution in [0.25, 0.3) is 0 Å². The molecule has 0 spiro atoms. The average Bonchev–Trinajstić information content (AvgIpc) is 2.41. The van der Waals surface area contributed by atoms with E-state index in [4.69, 9.17) is 10.5 Å². The highest BCUT2D eigenvalue weighted by atomic mass is 16.5. The second-order valence-corrected chi connectivity index (χ2v) is 5.18. The van der Waals surface area contributed by atoms with E-state index >= 15 is 0 Å². The van der Waals surface area contributed by atoms with E-state index in [0.717, 1.165) is 29.8 Å². The van der Waals surface area contributed by atoms with Gasteiger partial charge in [-0.1, -0.05) is 13.0 Å². The summed E-state index contributed by atoms with van der Waals surface area (Å²) in [5.74, 6) is 2.13. The Morgan fingerprint density at radius 3 is 2.62 bits per heavy atom. The van der Waals surface area contributed by atoms with Crippen LogP contribution in [0.4, 0.5) is 11.8 Å². The molecule has 0 aliphatic rings. The third kappa shape index (κ3) is 3.84. The summed E-state index contributed by atoms with van der Waals surface area (Å²) in [5.41, 5.74) is 9.18.